The van der Waals surface area contributed by atoms with Gasteiger partial charge in [-0.15, -0.1) is 10.2 Å². The van der Waals surface area contributed by atoms with Crippen molar-refractivity contribution in [1.29, 1.82) is 0 Å². The minimum absolute atomic E-state index is 0.154. The lowest BCUT2D eigenvalue weighted by Gasteiger charge is -2.31. The Bertz CT molecular complexity index is 1470. The molecule has 1 N–H and O–H groups in total. The molecule has 6 rings (SSSR count). The standard InChI is InChI=1S/C24H27N9O/c1-15-8-17(18-9-16(2)23-25-14-26-33(23)11-18)10-21-22(15)24(29-28-21)34-20-4-6-32(7-5-20)13-19-12-31(3)30-27-19/h8-12,14,20H,4-7,13H2,1-3H3,(H,28,29). The summed E-state index contributed by atoms with van der Waals surface area (Å²) in [4.78, 5) is 6.72. The zero-order valence-electron chi connectivity index (χ0n) is 19.6. The van der Waals surface area contributed by atoms with Crippen molar-refractivity contribution < 1.29 is 4.74 Å². The lowest BCUT2D eigenvalue weighted by atomic mass is 10.0. The van der Waals surface area contributed by atoms with E-state index in [1.54, 1.807) is 11.0 Å². The van der Waals surface area contributed by atoms with Gasteiger partial charge < -0.3 is 4.74 Å². The number of piperidine rings is 1. The third kappa shape index (κ3) is 3.79. The number of benzene rings is 1. The van der Waals surface area contributed by atoms with Crippen LogP contribution in [0.2, 0.25) is 0 Å². The summed E-state index contributed by atoms with van der Waals surface area (Å²) in [5.74, 6) is 0.689. The van der Waals surface area contributed by atoms with E-state index in [0.717, 1.165) is 77.0 Å². The second-order valence-electron chi connectivity index (χ2n) is 9.16. The van der Waals surface area contributed by atoms with Gasteiger partial charge in [-0.3, -0.25) is 14.7 Å². The van der Waals surface area contributed by atoms with Gasteiger partial charge in [-0.1, -0.05) is 11.3 Å². The molecule has 0 unspecified atom stereocenters. The maximum Gasteiger partial charge on any atom is 0.241 e. The number of pyridine rings is 1. The Morgan fingerprint density at radius 3 is 2.68 bits per heavy atom. The van der Waals surface area contributed by atoms with Crippen LogP contribution >= 0.6 is 0 Å². The topological polar surface area (TPSA) is 102 Å². The molecule has 0 aliphatic carbocycles. The number of ether oxygens (including phenoxy) is 1. The van der Waals surface area contributed by atoms with Gasteiger partial charge in [0.05, 0.1) is 16.6 Å². The van der Waals surface area contributed by atoms with Crippen LogP contribution in [0.4, 0.5) is 0 Å². The van der Waals surface area contributed by atoms with Crippen LogP contribution in [0.5, 0.6) is 5.88 Å². The molecular formula is C24H27N9O. The zero-order chi connectivity index (χ0) is 23.2. The summed E-state index contributed by atoms with van der Waals surface area (Å²) >= 11 is 0. The van der Waals surface area contributed by atoms with Gasteiger partial charge in [-0.05, 0) is 55.5 Å². The molecule has 0 saturated carbocycles. The number of hydrogen-bond acceptors (Lipinski definition) is 7. The van der Waals surface area contributed by atoms with Gasteiger partial charge in [-0.2, -0.15) is 5.10 Å². The van der Waals surface area contributed by atoms with Crippen molar-refractivity contribution in [3.8, 4) is 17.0 Å². The maximum absolute atomic E-state index is 6.38. The Hall–Kier alpha value is -3.79. The molecule has 0 radical (unpaired) electrons. The van der Waals surface area contributed by atoms with Gasteiger partial charge in [0.15, 0.2) is 5.65 Å². The third-order valence-corrected chi connectivity index (χ3v) is 6.57. The molecule has 1 aliphatic heterocycles. The first-order valence-corrected chi connectivity index (χ1v) is 11.6. The van der Waals surface area contributed by atoms with Crippen LogP contribution in [0, 0.1) is 13.8 Å². The van der Waals surface area contributed by atoms with Crippen LogP contribution in [0.15, 0.2) is 36.9 Å². The molecule has 1 aliphatic rings. The van der Waals surface area contributed by atoms with Gasteiger partial charge in [0.1, 0.15) is 12.4 Å². The minimum atomic E-state index is 0.154. The first-order valence-electron chi connectivity index (χ1n) is 11.6. The Morgan fingerprint density at radius 1 is 1.06 bits per heavy atom. The highest BCUT2D eigenvalue weighted by molar-refractivity contribution is 5.91. The summed E-state index contributed by atoms with van der Waals surface area (Å²) in [6, 6.07) is 6.46. The molecule has 5 heterocycles. The maximum atomic E-state index is 6.38. The quantitative estimate of drug-likeness (QED) is 0.433. The number of H-pyrrole nitrogens is 1. The lowest BCUT2D eigenvalue weighted by molar-refractivity contribution is 0.0936. The molecule has 0 amide bonds. The summed E-state index contributed by atoms with van der Waals surface area (Å²) in [7, 11) is 1.90. The first kappa shape index (κ1) is 20.8. The molecule has 0 spiro atoms. The van der Waals surface area contributed by atoms with Crippen molar-refractivity contribution in [2.24, 2.45) is 7.05 Å². The number of hydrogen-bond donors (Lipinski definition) is 1. The van der Waals surface area contributed by atoms with E-state index in [1.807, 2.05) is 24.0 Å². The fourth-order valence-corrected chi connectivity index (χ4v) is 4.87. The molecule has 1 saturated heterocycles. The molecule has 5 aromatic rings. The summed E-state index contributed by atoms with van der Waals surface area (Å²) in [6.45, 7) is 6.93. The predicted octanol–water partition coefficient (Wildman–Crippen LogP) is 3.06. The van der Waals surface area contributed by atoms with Crippen LogP contribution in [0.25, 0.3) is 27.7 Å². The van der Waals surface area contributed by atoms with Crippen molar-refractivity contribution in [2.75, 3.05) is 13.1 Å². The van der Waals surface area contributed by atoms with Gasteiger partial charge in [-0.25, -0.2) is 9.50 Å². The molecular weight excluding hydrogens is 430 g/mol. The second-order valence-corrected chi connectivity index (χ2v) is 9.16. The third-order valence-electron chi connectivity index (χ3n) is 6.57. The van der Waals surface area contributed by atoms with E-state index in [-0.39, 0.29) is 6.10 Å². The van der Waals surface area contributed by atoms with E-state index >= 15 is 0 Å². The van der Waals surface area contributed by atoms with Crippen LogP contribution in [-0.4, -0.2) is 63.9 Å². The summed E-state index contributed by atoms with van der Waals surface area (Å²) in [6.07, 6.45) is 7.64. The highest BCUT2D eigenvalue weighted by Gasteiger charge is 2.23. The van der Waals surface area contributed by atoms with E-state index in [4.69, 9.17) is 4.74 Å². The SMILES string of the molecule is Cc1cc(-c2cc(C)c3ncnn3c2)cc2[nH]nc(OC3CCN(Cc4cn(C)nn4)CC3)c12. The van der Waals surface area contributed by atoms with Crippen molar-refractivity contribution in [3.05, 3.63) is 53.7 Å². The van der Waals surface area contributed by atoms with Crippen LogP contribution in [0.3, 0.4) is 0 Å². The average Bonchev–Trinajstić information content (AvgIpc) is 3.55. The van der Waals surface area contributed by atoms with Gasteiger partial charge >= 0.3 is 0 Å². The van der Waals surface area contributed by atoms with E-state index in [2.05, 4.69) is 67.5 Å². The number of rotatable bonds is 5. The first-order chi connectivity index (χ1) is 16.5. The number of aromatic nitrogens is 8. The molecule has 174 valence electrons. The minimum Gasteiger partial charge on any atom is -0.473 e. The molecule has 1 aromatic carbocycles. The number of aryl methyl sites for hydroxylation is 3. The Kier molecular flexibility index (Phi) is 5.02. The highest BCUT2D eigenvalue weighted by atomic mass is 16.5. The average molecular weight is 458 g/mol. The molecule has 0 atom stereocenters. The molecule has 1 fully saturated rings. The largest absolute Gasteiger partial charge is 0.473 e. The molecule has 0 bridgehead atoms. The fourth-order valence-electron chi connectivity index (χ4n) is 4.87. The monoisotopic (exact) mass is 457 g/mol. The molecule has 4 aromatic heterocycles. The predicted molar refractivity (Wildman–Crippen MR) is 127 cm³/mol. The van der Waals surface area contributed by atoms with Crippen molar-refractivity contribution >= 4 is 16.6 Å². The van der Waals surface area contributed by atoms with Crippen LogP contribution in [-0.2, 0) is 13.6 Å². The summed E-state index contributed by atoms with van der Waals surface area (Å²) < 4.78 is 9.95. The smallest absolute Gasteiger partial charge is 0.241 e. The highest BCUT2D eigenvalue weighted by Crippen LogP contribution is 2.33. The number of fused-ring (bicyclic) bond motifs is 2. The Balaban J connectivity index is 1.19. The van der Waals surface area contributed by atoms with E-state index < -0.39 is 0 Å². The van der Waals surface area contributed by atoms with E-state index in [9.17, 15) is 0 Å². The Labute approximate surface area is 196 Å². The number of aromatic amines is 1. The van der Waals surface area contributed by atoms with E-state index in [1.165, 1.54) is 0 Å². The van der Waals surface area contributed by atoms with Gasteiger partial charge in [0.25, 0.3) is 0 Å². The molecule has 34 heavy (non-hydrogen) atoms. The summed E-state index contributed by atoms with van der Waals surface area (Å²) in [5.41, 5.74) is 7.28. The van der Waals surface area contributed by atoms with Crippen LogP contribution < -0.4 is 4.74 Å². The van der Waals surface area contributed by atoms with Crippen molar-refractivity contribution in [3.63, 3.8) is 0 Å². The molecule has 10 nitrogen and oxygen atoms in total. The molecule has 10 heteroatoms. The second kappa shape index (κ2) is 8.21. The number of likely N-dealkylation sites (tertiary alicyclic amines) is 1. The zero-order valence-corrected chi connectivity index (χ0v) is 19.6. The van der Waals surface area contributed by atoms with Crippen LogP contribution in [0.1, 0.15) is 29.7 Å². The number of nitrogens with zero attached hydrogens (tertiary/aromatic N) is 8. The lowest BCUT2D eigenvalue weighted by Crippen LogP contribution is -2.38. The Morgan fingerprint density at radius 2 is 1.88 bits per heavy atom. The van der Waals surface area contributed by atoms with Gasteiger partial charge in [0, 0.05) is 44.6 Å². The fraction of sp³-hybridized carbons (Fsp3) is 0.375. The summed E-state index contributed by atoms with van der Waals surface area (Å²) in [5, 5.41) is 21.3. The van der Waals surface area contributed by atoms with Crippen molar-refractivity contribution in [2.45, 2.75) is 39.3 Å². The van der Waals surface area contributed by atoms with Crippen molar-refractivity contribution in [1.82, 2.24) is 44.7 Å². The van der Waals surface area contributed by atoms with Gasteiger partial charge in [0.2, 0.25) is 5.88 Å². The number of nitrogens with one attached hydrogen (secondary N) is 1. The normalized spacial score (nSPS) is 15.5. The van der Waals surface area contributed by atoms with E-state index in [0.29, 0.717) is 5.88 Å².